The molecule has 3 aromatic heterocycles. The second-order valence-corrected chi connectivity index (χ2v) is 3.13. The Kier molecular flexibility index (Phi) is 2.00. The van der Waals surface area contributed by atoms with E-state index in [1.54, 1.807) is 42.9 Å². The van der Waals surface area contributed by atoms with Gasteiger partial charge in [0.2, 0.25) is 5.89 Å². The van der Waals surface area contributed by atoms with Crippen molar-refractivity contribution < 1.29 is 8.83 Å². The Bertz CT molecular complexity index is 572. The van der Waals surface area contributed by atoms with Crippen LogP contribution in [0.2, 0.25) is 0 Å². The summed E-state index contributed by atoms with van der Waals surface area (Å²) in [4.78, 5) is 3.92. The van der Waals surface area contributed by atoms with Gasteiger partial charge in [0, 0.05) is 18.0 Å². The molecule has 0 aliphatic carbocycles. The van der Waals surface area contributed by atoms with Crippen LogP contribution < -0.4 is 0 Å². The molecule has 0 N–H and O–H groups in total. The minimum absolute atomic E-state index is 0.372. The fourth-order valence-electron chi connectivity index (χ4n) is 1.33. The molecule has 0 saturated heterocycles. The first-order chi connectivity index (χ1) is 7.93. The average Bonchev–Trinajstić information content (AvgIpc) is 3.01. The van der Waals surface area contributed by atoms with Gasteiger partial charge in [-0.3, -0.25) is 4.98 Å². The Morgan fingerprint density at radius 3 is 2.50 bits per heavy atom. The summed E-state index contributed by atoms with van der Waals surface area (Å²) >= 11 is 0. The van der Waals surface area contributed by atoms with Gasteiger partial charge in [-0.15, -0.1) is 10.2 Å². The molecule has 0 aromatic carbocycles. The smallest absolute Gasteiger partial charge is 0.283 e. The van der Waals surface area contributed by atoms with Crippen molar-refractivity contribution in [3.63, 3.8) is 0 Å². The first-order valence-electron chi connectivity index (χ1n) is 4.71. The molecule has 5 heteroatoms. The van der Waals surface area contributed by atoms with Crippen molar-refractivity contribution in [3.05, 3.63) is 42.9 Å². The van der Waals surface area contributed by atoms with Gasteiger partial charge in [0.15, 0.2) is 5.76 Å². The van der Waals surface area contributed by atoms with Crippen LogP contribution in [0.5, 0.6) is 0 Å². The van der Waals surface area contributed by atoms with Crippen LogP contribution in [0.15, 0.2) is 51.8 Å². The molecule has 78 valence electrons. The molecule has 0 amide bonds. The van der Waals surface area contributed by atoms with Crippen LogP contribution in [-0.2, 0) is 0 Å². The van der Waals surface area contributed by atoms with E-state index in [9.17, 15) is 0 Å². The van der Waals surface area contributed by atoms with Gasteiger partial charge >= 0.3 is 0 Å². The standard InChI is InChI=1S/C11H7N3O2/c1-2-9(15-7-1)11-14-13-10(16-11)8-3-5-12-6-4-8/h1-7H. The van der Waals surface area contributed by atoms with Crippen LogP contribution in [-0.4, -0.2) is 15.2 Å². The fourth-order valence-corrected chi connectivity index (χ4v) is 1.33. The molecule has 3 heterocycles. The quantitative estimate of drug-likeness (QED) is 0.653. The highest BCUT2D eigenvalue weighted by Gasteiger charge is 2.11. The predicted octanol–water partition coefficient (Wildman–Crippen LogP) is 2.39. The predicted molar refractivity (Wildman–Crippen MR) is 55.2 cm³/mol. The van der Waals surface area contributed by atoms with E-state index in [1.807, 2.05) is 0 Å². The van der Waals surface area contributed by atoms with Crippen LogP contribution in [0.4, 0.5) is 0 Å². The summed E-state index contributed by atoms with van der Waals surface area (Å²) in [6, 6.07) is 7.15. The first kappa shape index (κ1) is 8.84. The topological polar surface area (TPSA) is 65.0 Å². The number of aromatic nitrogens is 3. The maximum atomic E-state index is 5.47. The largest absolute Gasteiger partial charge is 0.459 e. The van der Waals surface area contributed by atoms with Crippen molar-refractivity contribution in [2.24, 2.45) is 0 Å². The Morgan fingerprint density at radius 2 is 1.75 bits per heavy atom. The number of hydrogen-bond acceptors (Lipinski definition) is 5. The Hall–Kier alpha value is -2.43. The molecule has 5 nitrogen and oxygen atoms in total. The van der Waals surface area contributed by atoms with E-state index in [4.69, 9.17) is 8.83 Å². The zero-order valence-corrected chi connectivity index (χ0v) is 8.20. The second-order valence-electron chi connectivity index (χ2n) is 3.13. The summed E-state index contributed by atoms with van der Waals surface area (Å²) in [5, 5.41) is 7.84. The fraction of sp³-hybridized carbons (Fsp3) is 0. The third kappa shape index (κ3) is 1.48. The first-order valence-corrected chi connectivity index (χ1v) is 4.71. The molecule has 0 unspecified atom stereocenters. The number of nitrogens with zero attached hydrogens (tertiary/aromatic N) is 3. The van der Waals surface area contributed by atoms with E-state index in [0.717, 1.165) is 5.56 Å². The molecule has 0 aliphatic heterocycles. The molecular formula is C11H7N3O2. The van der Waals surface area contributed by atoms with Crippen LogP contribution in [0, 0.1) is 0 Å². The van der Waals surface area contributed by atoms with Gasteiger partial charge in [-0.25, -0.2) is 0 Å². The van der Waals surface area contributed by atoms with Gasteiger partial charge in [0.1, 0.15) is 0 Å². The van der Waals surface area contributed by atoms with Crippen molar-refractivity contribution in [1.29, 1.82) is 0 Å². The lowest BCUT2D eigenvalue weighted by molar-refractivity contribution is 0.523. The highest BCUT2D eigenvalue weighted by molar-refractivity contribution is 5.53. The van der Waals surface area contributed by atoms with Gasteiger partial charge in [0.05, 0.1) is 6.26 Å². The Labute approximate surface area is 90.8 Å². The van der Waals surface area contributed by atoms with E-state index in [1.165, 1.54) is 0 Å². The van der Waals surface area contributed by atoms with Gasteiger partial charge < -0.3 is 8.83 Å². The normalized spacial score (nSPS) is 10.5. The monoisotopic (exact) mass is 213 g/mol. The molecule has 3 aromatic rings. The van der Waals surface area contributed by atoms with Crippen molar-refractivity contribution in [2.45, 2.75) is 0 Å². The van der Waals surface area contributed by atoms with E-state index in [-0.39, 0.29) is 0 Å². The molecular weight excluding hydrogens is 206 g/mol. The van der Waals surface area contributed by atoms with Crippen LogP contribution in [0.3, 0.4) is 0 Å². The maximum Gasteiger partial charge on any atom is 0.283 e. The molecule has 0 fully saturated rings. The van der Waals surface area contributed by atoms with Crippen LogP contribution >= 0.6 is 0 Å². The lowest BCUT2D eigenvalue weighted by Gasteiger charge is -1.91. The SMILES string of the molecule is c1coc(-c2nnc(-c3ccncc3)o2)c1. The van der Waals surface area contributed by atoms with Crippen LogP contribution in [0.1, 0.15) is 0 Å². The average molecular weight is 213 g/mol. The summed E-state index contributed by atoms with van der Waals surface area (Å²) in [6.07, 6.45) is 4.91. The molecule has 16 heavy (non-hydrogen) atoms. The van der Waals surface area contributed by atoms with Crippen molar-refractivity contribution in [2.75, 3.05) is 0 Å². The zero-order chi connectivity index (χ0) is 10.8. The van der Waals surface area contributed by atoms with E-state index < -0.39 is 0 Å². The van der Waals surface area contributed by atoms with Crippen molar-refractivity contribution in [1.82, 2.24) is 15.2 Å². The highest BCUT2D eigenvalue weighted by Crippen LogP contribution is 2.23. The zero-order valence-electron chi connectivity index (χ0n) is 8.20. The summed E-state index contributed by atoms with van der Waals surface area (Å²) in [5.41, 5.74) is 0.834. The number of hydrogen-bond donors (Lipinski definition) is 0. The summed E-state index contributed by atoms with van der Waals surface area (Å²) in [6.45, 7) is 0. The highest BCUT2D eigenvalue weighted by atomic mass is 16.4. The molecule has 0 saturated carbocycles. The van der Waals surface area contributed by atoms with E-state index >= 15 is 0 Å². The minimum Gasteiger partial charge on any atom is -0.459 e. The summed E-state index contributed by atoms with van der Waals surface area (Å²) < 4.78 is 10.6. The van der Waals surface area contributed by atoms with E-state index in [2.05, 4.69) is 15.2 Å². The number of furan rings is 1. The van der Waals surface area contributed by atoms with Crippen molar-refractivity contribution >= 4 is 0 Å². The Balaban J connectivity index is 2.00. The van der Waals surface area contributed by atoms with Gasteiger partial charge in [-0.1, -0.05) is 0 Å². The molecule has 0 radical (unpaired) electrons. The maximum absolute atomic E-state index is 5.47. The lowest BCUT2D eigenvalue weighted by Crippen LogP contribution is -1.77. The van der Waals surface area contributed by atoms with Gasteiger partial charge in [-0.2, -0.15) is 0 Å². The second kappa shape index (κ2) is 3.62. The molecule has 0 atom stereocenters. The number of rotatable bonds is 2. The van der Waals surface area contributed by atoms with E-state index in [0.29, 0.717) is 17.5 Å². The summed E-state index contributed by atoms with van der Waals surface area (Å²) in [5.74, 6) is 1.39. The summed E-state index contributed by atoms with van der Waals surface area (Å²) in [7, 11) is 0. The van der Waals surface area contributed by atoms with Crippen LogP contribution in [0.25, 0.3) is 23.1 Å². The molecule has 3 rings (SSSR count). The molecule has 0 aliphatic rings. The minimum atomic E-state index is 0.372. The van der Waals surface area contributed by atoms with Gasteiger partial charge in [0.25, 0.3) is 5.89 Å². The Morgan fingerprint density at radius 1 is 0.938 bits per heavy atom. The molecule has 0 spiro atoms. The third-order valence-electron chi connectivity index (χ3n) is 2.08. The molecule has 0 bridgehead atoms. The van der Waals surface area contributed by atoms with Crippen molar-refractivity contribution in [3.8, 4) is 23.1 Å². The third-order valence-corrected chi connectivity index (χ3v) is 2.08. The lowest BCUT2D eigenvalue weighted by atomic mass is 10.3. The van der Waals surface area contributed by atoms with Gasteiger partial charge in [-0.05, 0) is 24.3 Å². The number of pyridine rings is 1.